The van der Waals surface area contributed by atoms with Crippen LogP contribution in [0, 0.1) is 5.82 Å². The molecule has 5 nitrogen and oxygen atoms in total. The van der Waals surface area contributed by atoms with Crippen molar-refractivity contribution in [3.8, 4) is 0 Å². The van der Waals surface area contributed by atoms with Crippen molar-refractivity contribution in [3.05, 3.63) is 29.6 Å². The van der Waals surface area contributed by atoms with Gasteiger partial charge in [-0.2, -0.15) is 0 Å². The molecule has 1 aromatic rings. The molecule has 0 amide bonds. The van der Waals surface area contributed by atoms with E-state index in [9.17, 15) is 4.39 Å². The number of halogens is 1. The first-order valence-electron chi connectivity index (χ1n) is 8.55. The second kappa shape index (κ2) is 8.33. The van der Waals surface area contributed by atoms with Crippen molar-refractivity contribution in [1.82, 2.24) is 10.6 Å². The molecule has 1 saturated heterocycles. The van der Waals surface area contributed by atoms with E-state index < -0.39 is 0 Å². The lowest BCUT2D eigenvalue weighted by Gasteiger charge is -2.24. The molecule has 0 spiro atoms. The number of guanidine groups is 1. The molecule has 2 rings (SSSR count). The lowest BCUT2D eigenvalue weighted by molar-refractivity contribution is 0.0243. The van der Waals surface area contributed by atoms with Gasteiger partial charge in [-0.05, 0) is 44.4 Å². The van der Waals surface area contributed by atoms with Gasteiger partial charge >= 0.3 is 0 Å². The van der Waals surface area contributed by atoms with Crippen LogP contribution in [-0.4, -0.2) is 45.4 Å². The van der Waals surface area contributed by atoms with Gasteiger partial charge in [-0.15, -0.1) is 0 Å². The normalized spacial score (nSPS) is 21.0. The van der Waals surface area contributed by atoms with Crippen LogP contribution in [0.2, 0.25) is 0 Å². The Morgan fingerprint density at radius 1 is 1.38 bits per heavy atom. The van der Waals surface area contributed by atoms with Crippen LogP contribution in [-0.2, 0) is 11.3 Å². The van der Waals surface area contributed by atoms with Crippen molar-refractivity contribution < 1.29 is 9.13 Å². The molecule has 1 aliphatic heterocycles. The van der Waals surface area contributed by atoms with E-state index in [1.807, 2.05) is 27.1 Å². The highest BCUT2D eigenvalue weighted by molar-refractivity contribution is 5.79. The number of anilines is 1. The Labute approximate surface area is 144 Å². The molecule has 0 radical (unpaired) electrons. The molecule has 1 unspecified atom stereocenters. The number of nitrogens with zero attached hydrogens (tertiary/aromatic N) is 2. The molecule has 0 aliphatic carbocycles. The summed E-state index contributed by atoms with van der Waals surface area (Å²) in [5, 5.41) is 6.55. The molecule has 1 aromatic carbocycles. The second-order valence-electron chi connectivity index (χ2n) is 6.63. The summed E-state index contributed by atoms with van der Waals surface area (Å²) in [5.41, 5.74) is 1.30. The van der Waals surface area contributed by atoms with Crippen LogP contribution in [0.5, 0.6) is 0 Å². The highest BCUT2D eigenvalue weighted by Crippen LogP contribution is 2.23. The Kier molecular flexibility index (Phi) is 6.43. The zero-order valence-electron chi connectivity index (χ0n) is 15.2. The minimum absolute atomic E-state index is 0.129. The van der Waals surface area contributed by atoms with Gasteiger partial charge in [-0.1, -0.05) is 6.07 Å². The third-order valence-corrected chi connectivity index (χ3v) is 4.19. The van der Waals surface area contributed by atoms with E-state index in [0.29, 0.717) is 18.8 Å². The molecular weight excluding hydrogens is 307 g/mol. The van der Waals surface area contributed by atoms with Crippen molar-refractivity contribution in [3.63, 3.8) is 0 Å². The molecule has 1 aliphatic rings. The fraction of sp³-hybridized carbons (Fsp3) is 0.611. The quantitative estimate of drug-likeness (QED) is 0.619. The summed E-state index contributed by atoms with van der Waals surface area (Å²) < 4.78 is 19.8. The number of nitrogens with one attached hydrogen (secondary N) is 2. The maximum Gasteiger partial charge on any atom is 0.191 e. The van der Waals surface area contributed by atoms with Gasteiger partial charge in [0.2, 0.25) is 0 Å². The minimum Gasteiger partial charge on any atom is -0.375 e. The topological polar surface area (TPSA) is 48.9 Å². The molecule has 2 N–H and O–H groups in total. The molecular formula is C18H29FN4O. The monoisotopic (exact) mass is 336 g/mol. The van der Waals surface area contributed by atoms with Crippen molar-refractivity contribution >= 4 is 11.6 Å². The molecule has 0 aromatic heterocycles. The third-order valence-electron chi connectivity index (χ3n) is 4.19. The van der Waals surface area contributed by atoms with Gasteiger partial charge in [0.25, 0.3) is 0 Å². The standard InChI is InChI=1S/C18H29FN4O/c1-5-20-17(22-13-18(2)9-6-10-24-18)21-12-14-7-8-16(23(3)4)15(19)11-14/h7-8,11H,5-6,9-10,12-13H2,1-4H3,(H2,20,21,22). The average molecular weight is 336 g/mol. The molecule has 1 fully saturated rings. The Balaban J connectivity index is 1.98. The number of benzene rings is 1. The largest absolute Gasteiger partial charge is 0.375 e. The predicted octanol–water partition coefficient (Wildman–Crippen LogP) is 2.52. The highest BCUT2D eigenvalue weighted by atomic mass is 19.1. The average Bonchev–Trinajstić information content (AvgIpc) is 2.97. The number of aliphatic imine (C=N–C) groups is 1. The van der Waals surface area contributed by atoms with Crippen molar-refractivity contribution in [2.24, 2.45) is 4.99 Å². The smallest absolute Gasteiger partial charge is 0.191 e. The Hall–Kier alpha value is -1.82. The summed E-state index contributed by atoms with van der Waals surface area (Å²) in [6.07, 6.45) is 2.15. The van der Waals surface area contributed by atoms with E-state index >= 15 is 0 Å². The lowest BCUT2D eigenvalue weighted by Crippen LogP contribution is -2.45. The molecule has 0 saturated carbocycles. The minimum atomic E-state index is -0.225. The van der Waals surface area contributed by atoms with Gasteiger partial charge in [-0.3, -0.25) is 0 Å². The molecule has 1 heterocycles. The SMILES string of the molecule is CCNC(=NCc1ccc(N(C)C)c(F)c1)NCC1(C)CCCO1. The van der Waals surface area contributed by atoms with E-state index in [0.717, 1.165) is 37.5 Å². The van der Waals surface area contributed by atoms with Gasteiger partial charge in [0, 0.05) is 33.8 Å². The van der Waals surface area contributed by atoms with Gasteiger partial charge in [-0.25, -0.2) is 9.38 Å². The Bertz CT molecular complexity index is 568. The van der Waals surface area contributed by atoms with Crippen molar-refractivity contribution in [1.29, 1.82) is 0 Å². The van der Waals surface area contributed by atoms with Gasteiger partial charge in [0.05, 0.1) is 17.8 Å². The first kappa shape index (κ1) is 18.5. The van der Waals surface area contributed by atoms with Crippen LogP contribution in [0.4, 0.5) is 10.1 Å². The van der Waals surface area contributed by atoms with Gasteiger partial charge in [0.1, 0.15) is 5.82 Å². The van der Waals surface area contributed by atoms with Crippen LogP contribution < -0.4 is 15.5 Å². The van der Waals surface area contributed by atoms with Gasteiger partial charge < -0.3 is 20.3 Å². The van der Waals surface area contributed by atoms with E-state index in [4.69, 9.17) is 4.74 Å². The van der Waals surface area contributed by atoms with Gasteiger partial charge in [0.15, 0.2) is 5.96 Å². The van der Waals surface area contributed by atoms with Crippen LogP contribution in [0.15, 0.2) is 23.2 Å². The summed E-state index contributed by atoms with van der Waals surface area (Å²) in [4.78, 5) is 6.31. The summed E-state index contributed by atoms with van der Waals surface area (Å²) >= 11 is 0. The predicted molar refractivity (Wildman–Crippen MR) is 97.1 cm³/mol. The van der Waals surface area contributed by atoms with E-state index in [1.165, 1.54) is 0 Å². The number of ether oxygens (including phenoxy) is 1. The summed E-state index contributed by atoms with van der Waals surface area (Å²) in [6, 6.07) is 5.24. The van der Waals surface area contributed by atoms with Crippen LogP contribution >= 0.6 is 0 Å². The Morgan fingerprint density at radius 3 is 2.75 bits per heavy atom. The highest BCUT2D eigenvalue weighted by Gasteiger charge is 2.29. The first-order valence-corrected chi connectivity index (χ1v) is 8.55. The summed E-state index contributed by atoms with van der Waals surface area (Å²) in [6.45, 7) is 6.88. The first-order chi connectivity index (χ1) is 11.4. The number of hydrogen-bond acceptors (Lipinski definition) is 3. The molecule has 1 atom stereocenters. The maximum absolute atomic E-state index is 14.0. The lowest BCUT2D eigenvalue weighted by atomic mass is 10.0. The van der Waals surface area contributed by atoms with E-state index in [2.05, 4.69) is 22.5 Å². The van der Waals surface area contributed by atoms with Crippen molar-refractivity contribution in [2.75, 3.05) is 38.7 Å². The summed E-state index contributed by atoms with van der Waals surface area (Å²) in [5.74, 6) is 0.504. The van der Waals surface area contributed by atoms with Crippen molar-refractivity contribution in [2.45, 2.75) is 38.8 Å². The molecule has 24 heavy (non-hydrogen) atoms. The fourth-order valence-corrected chi connectivity index (χ4v) is 2.77. The number of rotatable bonds is 6. The maximum atomic E-state index is 14.0. The van der Waals surface area contributed by atoms with Crippen LogP contribution in [0.3, 0.4) is 0 Å². The molecule has 0 bridgehead atoms. The van der Waals surface area contributed by atoms with Crippen LogP contribution in [0.25, 0.3) is 0 Å². The summed E-state index contributed by atoms with van der Waals surface area (Å²) in [7, 11) is 3.66. The molecule has 134 valence electrons. The van der Waals surface area contributed by atoms with E-state index in [-0.39, 0.29) is 11.4 Å². The van der Waals surface area contributed by atoms with E-state index in [1.54, 1.807) is 17.0 Å². The third kappa shape index (κ3) is 5.09. The fourth-order valence-electron chi connectivity index (χ4n) is 2.77. The van der Waals surface area contributed by atoms with Crippen LogP contribution in [0.1, 0.15) is 32.3 Å². The second-order valence-corrected chi connectivity index (χ2v) is 6.63. The number of hydrogen-bond donors (Lipinski definition) is 2. The molecule has 6 heteroatoms. The zero-order valence-corrected chi connectivity index (χ0v) is 15.2. The Morgan fingerprint density at radius 2 is 2.17 bits per heavy atom. The zero-order chi connectivity index (χ0) is 17.6.